The second kappa shape index (κ2) is 7.23. The number of halogens is 1. The molecule has 1 aliphatic heterocycles. The van der Waals surface area contributed by atoms with Crippen molar-refractivity contribution < 1.29 is 18.7 Å². The molecule has 6 heteroatoms. The van der Waals surface area contributed by atoms with Gasteiger partial charge in [-0.05, 0) is 48.7 Å². The van der Waals surface area contributed by atoms with Crippen LogP contribution in [0.5, 0.6) is 0 Å². The summed E-state index contributed by atoms with van der Waals surface area (Å²) in [4.78, 5) is 14.5. The SMILES string of the molecule is O=C(c1ccc(Cl)o1)N1CCCCC[C@H]1C[C@@H](O)c1ccco1. The lowest BCUT2D eigenvalue weighted by atomic mass is 10.0. The Morgan fingerprint density at radius 2 is 2.22 bits per heavy atom. The van der Waals surface area contributed by atoms with Gasteiger partial charge >= 0.3 is 0 Å². The molecule has 1 saturated heterocycles. The third-order valence-electron chi connectivity index (χ3n) is 4.29. The van der Waals surface area contributed by atoms with Crippen LogP contribution in [0, 0.1) is 0 Å². The van der Waals surface area contributed by atoms with E-state index in [0.717, 1.165) is 25.7 Å². The summed E-state index contributed by atoms with van der Waals surface area (Å²) in [5.41, 5.74) is 0. The van der Waals surface area contributed by atoms with Gasteiger partial charge in [0.15, 0.2) is 11.0 Å². The number of aliphatic hydroxyl groups excluding tert-OH is 1. The molecule has 1 aliphatic rings. The van der Waals surface area contributed by atoms with E-state index in [4.69, 9.17) is 20.4 Å². The van der Waals surface area contributed by atoms with E-state index in [0.29, 0.717) is 18.7 Å². The number of furan rings is 2. The molecule has 2 aromatic rings. The maximum atomic E-state index is 12.7. The number of amides is 1. The van der Waals surface area contributed by atoms with E-state index in [1.165, 1.54) is 0 Å². The third kappa shape index (κ3) is 3.79. The van der Waals surface area contributed by atoms with Crippen LogP contribution in [0.2, 0.25) is 5.22 Å². The maximum Gasteiger partial charge on any atom is 0.289 e. The highest BCUT2D eigenvalue weighted by molar-refractivity contribution is 6.29. The van der Waals surface area contributed by atoms with Crippen molar-refractivity contribution in [3.05, 3.63) is 47.3 Å². The lowest BCUT2D eigenvalue weighted by molar-refractivity contribution is 0.0529. The van der Waals surface area contributed by atoms with Gasteiger partial charge in [0.25, 0.3) is 5.91 Å². The molecule has 3 rings (SSSR count). The van der Waals surface area contributed by atoms with Crippen LogP contribution in [-0.2, 0) is 0 Å². The van der Waals surface area contributed by atoms with E-state index < -0.39 is 6.10 Å². The lowest BCUT2D eigenvalue weighted by Gasteiger charge is -2.30. The van der Waals surface area contributed by atoms with E-state index in [1.54, 1.807) is 35.4 Å². The number of rotatable bonds is 4. The zero-order valence-corrected chi connectivity index (χ0v) is 13.5. The smallest absolute Gasteiger partial charge is 0.289 e. The Morgan fingerprint density at radius 1 is 1.35 bits per heavy atom. The topological polar surface area (TPSA) is 66.8 Å². The van der Waals surface area contributed by atoms with Crippen LogP contribution in [0.1, 0.15) is 54.5 Å². The Labute approximate surface area is 139 Å². The molecule has 2 atom stereocenters. The fourth-order valence-electron chi connectivity index (χ4n) is 3.12. The number of nitrogens with zero attached hydrogens (tertiary/aromatic N) is 1. The van der Waals surface area contributed by atoms with Gasteiger partial charge in [0.2, 0.25) is 0 Å². The average molecular weight is 338 g/mol. The molecule has 1 N–H and O–H groups in total. The highest BCUT2D eigenvalue weighted by Gasteiger charge is 2.30. The number of carbonyl (C=O) groups is 1. The van der Waals surface area contributed by atoms with Gasteiger partial charge in [-0.25, -0.2) is 0 Å². The third-order valence-corrected chi connectivity index (χ3v) is 4.49. The van der Waals surface area contributed by atoms with Crippen LogP contribution < -0.4 is 0 Å². The normalized spacial score (nSPS) is 20.3. The molecule has 1 amide bonds. The minimum Gasteiger partial charge on any atom is -0.467 e. The van der Waals surface area contributed by atoms with Crippen molar-refractivity contribution in [3.63, 3.8) is 0 Å². The number of likely N-dealkylation sites (tertiary alicyclic amines) is 1. The standard InChI is InChI=1S/C17H20ClNO4/c18-16-8-7-15(23-16)17(21)19-9-3-1-2-5-12(19)11-13(20)14-6-4-10-22-14/h4,6-8,10,12-13,20H,1-3,5,9,11H2/t12-,13+/m0/s1. The van der Waals surface area contributed by atoms with Gasteiger partial charge in [-0.1, -0.05) is 12.8 Å². The summed E-state index contributed by atoms with van der Waals surface area (Å²) in [6, 6.07) is 6.61. The van der Waals surface area contributed by atoms with Gasteiger partial charge < -0.3 is 18.8 Å². The van der Waals surface area contributed by atoms with Crippen molar-refractivity contribution in [1.29, 1.82) is 0 Å². The summed E-state index contributed by atoms with van der Waals surface area (Å²) in [6.45, 7) is 0.659. The highest BCUT2D eigenvalue weighted by atomic mass is 35.5. The van der Waals surface area contributed by atoms with Gasteiger partial charge in [-0.15, -0.1) is 0 Å². The first-order chi connectivity index (χ1) is 11.1. The summed E-state index contributed by atoms with van der Waals surface area (Å²) in [5, 5.41) is 10.6. The first kappa shape index (κ1) is 16.1. The molecule has 3 heterocycles. The predicted octanol–water partition coefficient (Wildman–Crippen LogP) is 4.03. The van der Waals surface area contributed by atoms with Gasteiger partial charge in [0, 0.05) is 19.0 Å². The van der Waals surface area contributed by atoms with Crippen molar-refractivity contribution in [2.24, 2.45) is 0 Å². The average Bonchev–Trinajstić information content (AvgIpc) is 3.16. The van der Waals surface area contributed by atoms with E-state index in [9.17, 15) is 9.90 Å². The molecule has 0 radical (unpaired) electrons. The van der Waals surface area contributed by atoms with E-state index in [1.807, 2.05) is 0 Å². The molecule has 0 spiro atoms. The molecule has 124 valence electrons. The van der Waals surface area contributed by atoms with Crippen LogP contribution >= 0.6 is 11.6 Å². The molecule has 23 heavy (non-hydrogen) atoms. The van der Waals surface area contributed by atoms with Crippen molar-refractivity contribution in [2.75, 3.05) is 6.54 Å². The van der Waals surface area contributed by atoms with Gasteiger partial charge in [0.1, 0.15) is 11.9 Å². The molecule has 0 aliphatic carbocycles. The molecule has 0 unspecified atom stereocenters. The Kier molecular flexibility index (Phi) is 5.08. The fourth-order valence-corrected chi connectivity index (χ4v) is 3.26. The van der Waals surface area contributed by atoms with Gasteiger partial charge in [0.05, 0.1) is 6.26 Å². The summed E-state index contributed by atoms with van der Waals surface area (Å²) in [5.74, 6) is 0.604. The predicted molar refractivity (Wildman–Crippen MR) is 85.3 cm³/mol. The zero-order chi connectivity index (χ0) is 16.2. The zero-order valence-electron chi connectivity index (χ0n) is 12.8. The Bertz CT molecular complexity index is 637. The van der Waals surface area contributed by atoms with Crippen LogP contribution in [-0.4, -0.2) is 28.5 Å². The molecule has 2 aromatic heterocycles. The van der Waals surface area contributed by atoms with Crippen LogP contribution in [0.15, 0.2) is 39.4 Å². The second-order valence-corrected chi connectivity index (χ2v) is 6.24. The maximum absolute atomic E-state index is 12.7. The molecular formula is C17H20ClNO4. The number of hydrogen-bond acceptors (Lipinski definition) is 4. The summed E-state index contributed by atoms with van der Waals surface area (Å²) >= 11 is 5.77. The Balaban J connectivity index is 1.75. The first-order valence-electron chi connectivity index (χ1n) is 7.93. The number of aliphatic hydroxyl groups is 1. The molecule has 0 aromatic carbocycles. The summed E-state index contributed by atoms with van der Waals surface area (Å²) in [7, 11) is 0. The minimum absolute atomic E-state index is 0.0472. The highest BCUT2D eigenvalue weighted by Crippen LogP contribution is 2.28. The van der Waals surface area contributed by atoms with Crippen LogP contribution in [0.3, 0.4) is 0 Å². The van der Waals surface area contributed by atoms with Crippen LogP contribution in [0.25, 0.3) is 0 Å². The largest absolute Gasteiger partial charge is 0.467 e. The first-order valence-corrected chi connectivity index (χ1v) is 8.30. The van der Waals surface area contributed by atoms with E-state index in [-0.39, 0.29) is 22.9 Å². The summed E-state index contributed by atoms with van der Waals surface area (Å²) in [6.07, 6.45) is 5.20. The molecule has 0 saturated carbocycles. The second-order valence-electron chi connectivity index (χ2n) is 5.87. The van der Waals surface area contributed by atoms with Gasteiger partial charge in [-0.3, -0.25) is 4.79 Å². The monoisotopic (exact) mass is 337 g/mol. The van der Waals surface area contributed by atoms with Crippen molar-refractivity contribution in [3.8, 4) is 0 Å². The number of carbonyl (C=O) groups excluding carboxylic acids is 1. The fraction of sp³-hybridized carbons (Fsp3) is 0.471. The van der Waals surface area contributed by atoms with Crippen molar-refractivity contribution in [1.82, 2.24) is 4.90 Å². The molecule has 1 fully saturated rings. The Morgan fingerprint density at radius 3 is 2.91 bits per heavy atom. The lowest BCUT2D eigenvalue weighted by Crippen LogP contribution is -2.40. The van der Waals surface area contributed by atoms with E-state index in [2.05, 4.69) is 0 Å². The van der Waals surface area contributed by atoms with Crippen LogP contribution in [0.4, 0.5) is 0 Å². The number of hydrogen-bond donors (Lipinski definition) is 1. The van der Waals surface area contributed by atoms with Crippen molar-refractivity contribution in [2.45, 2.75) is 44.2 Å². The van der Waals surface area contributed by atoms with Crippen molar-refractivity contribution >= 4 is 17.5 Å². The quantitative estimate of drug-likeness (QED) is 0.914. The summed E-state index contributed by atoms with van der Waals surface area (Å²) < 4.78 is 10.5. The van der Waals surface area contributed by atoms with E-state index >= 15 is 0 Å². The minimum atomic E-state index is -0.719. The molecular weight excluding hydrogens is 318 g/mol. The van der Waals surface area contributed by atoms with Gasteiger partial charge in [-0.2, -0.15) is 0 Å². The molecule has 0 bridgehead atoms. The Hall–Kier alpha value is -1.72. The molecule has 5 nitrogen and oxygen atoms in total.